The lowest BCUT2D eigenvalue weighted by molar-refractivity contribution is 0.619. The van der Waals surface area contributed by atoms with Gasteiger partial charge in [-0.05, 0) is 17.7 Å². The van der Waals surface area contributed by atoms with Crippen molar-refractivity contribution in [3.63, 3.8) is 0 Å². The highest BCUT2D eigenvalue weighted by Gasteiger charge is 2.03. The van der Waals surface area contributed by atoms with Crippen LogP contribution >= 0.6 is 0 Å². The van der Waals surface area contributed by atoms with Gasteiger partial charge in [0.15, 0.2) is 5.82 Å². The summed E-state index contributed by atoms with van der Waals surface area (Å²) in [4.78, 5) is 0. The summed E-state index contributed by atoms with van der Waals surface area (Å²) in [6, 6.07) is 6.22. The lowest BCUT2D eigenvalue weighted by Gasteiger charge is -2.03. The molecule has 1 aromatic carbocycles. The van der Waals surface area contributed by atoms with Gasteiger partial charge in [0.2, 0.25) is 0 Å². The molecule has 86 valence electrons. The van der Waals surface area contributed by atoms with Crippen LogP contribution in [0, 0.1) is 17.1 Å². The number of nitrogens with one attached hydrogen (secondary N) is 2. The van der Waals surface area contributed by atoms with Crippen LogP contribution in [0.25, 0.3) is 0 Å². The van der Waals surface area contributed by atoms with Crippen LogP contribution < -0.4 is 5.32 Å². The predicted octanol–water partition coefficient (Wildman–Crippen LogP) is 0.500. The summed E-state index contributed by atoms with van der Waals surface area (Å²) in [6.07, 6.45) is 0. The van der Waals surface area contributed by atoms with Crippen molar-refractivity contribution < 1.29 is 4.39 Å². The van der Waals surface area contributed by atoms with Crippen LogP contribution in [0.2, 0.25) is 0 Å². The van der Waals surface area contributed by atoms with E-state index in [1.165, 1.54) is 12.1 Å². The van der Waals surface area contributed by atoms with Crippen LogP contribution in [0.3, 0.4) is 0 Å². The smallest absolute Gasteiger partial charge is 0.188 e. The third kappa shape index (κ3) is 2.83. The van der Waals surface area contributed by atoms with E-state index >= 15 is 0 Å². The van der Waals surface area contributed by atoms with Gasteiger partial charge in [-0.15, -0.1) is 10.2 Å². The van der Waals surface area contributed by atoms with Crippen molar-refractivity contribution in [2.45, 2.75) is 13.1 Å². The Kier molecular flexibility index (Phi) is 3.37. The van der Waals surface area contributed by atoms with Crippen molar-refractivity contribution >= 4 is 0 Å². The van der Waals surface area contributed by atoms with E-state index in [-0.39, 0.29) is 5.56 Å². The minimum absolute atomic E-state index is 0.0452. The summed E-state index contributed by atoms with van der Waals surface area (Å²) in [5.74, 6) is 0.0436. The zero-order valence-corrected chi connectivity index (χ0v) is 8.81. The summed E-state index contributed by atoms with van der Waals surface area (Å²) in [5.41, 5.74) is 0.871. The first kappa shape index (κ1) is 11.2. The molecule has 1 heterocycles. The summed E-state index contributed by atoms with van der Waals surface area (Å²) < 4.78 is 13.0. The Morgan fingerprint density at radius 3 is 3.00 bits per heavy atom. The third-order valence-corrected chi connectivity index (χ3v) is 2.15. The van der Waals surface area contributed by atoms with Gasteiger partial charge in [0, 0.05) is 6.54 Å². The van der Waals surface area contributed by atoms with E-state index in [2.05, 4.69) is 25.9 Å². The third-order valence-electron chi connectivity index (χ3n) is 2.15. The standard InChI is InChI=1S/C10H9FN6/c11-9-2-1-7(3-8(9)4-12)5-13-6-10-14-16-17-15-10/h1-3,13H,5-6H2,(H,14,15,16,17). The van der Waals surface area contributed by atoms with Crippen molar-refractivity contribution in [1.29, 1.82) is 5.26 Å². The highest BCUT2D eigenvalue weighted by molar-refractivity contribution is 5.34. The number of aromatic amines is 1. The zero-order chi connectivity index (χ0) is 12.1. The lowest BCUT2D eigenvalue weighted by Crippen LogP contribution is -2.14. The Labute approximate surface area is 96.5 Å². The highest BCUT2D eigenvalue weighted by Crippen LogP contribution is 2.09. The molecule has 0 aliphatic rings. The Hall–Kier alpha value is -2.33. The highest BCUT2D eigenvalue weighted by atomic mass is 19.1. The molecule has 2 aromatic rings. The minimum atomic E-state index is -0.505. The van der Waals surface area contributed by atoms with Gasteiger partial charge in [-0.1, -0.05) is 11.3 Å². The number of rotatable bonds is 4. The van der Waals surface area contributed by atoms with E-state index in [1.807, 2.05) is 0 Å². The van der Waals surface area contributed by atoms with Gasteiger partial charge in [-0.3, -0.25) is 0 Å². The molecule has 0 amide bonds. The first-order valence-electron chi connectivity index (χ1n) is 4.91. The molecule has 6 nitrogen and oxygen atoms in total. The van der Waals surface area contributed by atoms with Crippen LogP contribution in [0.1, 0.15) is 17.0 Å². The average Bonchev–Trinajstić information content (AvgIpc) is 2.84. The molecule has 0 atom stereocenters. The molecule has 0 saturated carbocycles. The van der Waals surface area contributed by atoms with Gasteiger partial charge in [-0.25, -0.2) is 4.39 Å². The van der Waals surface area contributed by atoms with Crippen molar-refractivity contribution in [3.05, 3.63) is 41.0 Å². The largest absolute Gasteiger partial charge is 0.306 e. The molecule has 0 bridgehead atoms. The topological polar surface area (TPSA) is 90.3 Å². The first-order valence-corrected chi connectivity index (χ1v) is 4.91. The van der Waals surface area contributed by atoms with Crippen molar-refractivity contribution in [2.24, 2.45) is 0 Å². The number of halogens is 1. The maximum Gasteiger partial charge on any atom is 0.188 e. The van der Waals surface area contributed by atoms with Gasteiger partial charge >= 0.3 is 0 Å². The zero-order valence-electron chi connectivity index (χ0n) is 8.81. The molecule has 2 rings (SSSR count). The number of hydrogen-bond acceptors (Lipinski definition) is 5. The molecule has 0 unspecified atom stereocenters. The molecule has 1 aromatic heterocycles. The summed E-state index contributed by atoms with van der Waals surface area (Å²) in [7, 11) is 0. The number of H-pyrrole nitrogens is 1. The number of hydrogen-bond donors (Lipinski definition) is 2. The van der Waals surface area contributed by atoms with Crippen molar-refractivity contribution in [1.82, 2.24) is 25.9 Å². The Balaban J connectivity index is 1.93. The predicted molar refractivity (Wildman–Crippen MR) is 55.8 cm³/mol. The first-order chi connectivity index (χ1) is 8.29. The quantitative estimate of drug-likeness (QED) is 0.801. The van der Waals surface area contributed by atoms with E-state index in [0.29, 0.717) is 18.9 Å². The van der Waals surface area contributed by atoms with Gasteiger partial charge in [0.1, 0.15) is 11.9 Å². The molecule has 17 heavy (non-hydrogen) atoms. The number of aromatic nitrogens is 4. The number of nitrogens with zero attached hydrogens (tertiary/aromatic N) is 4. The molecular formula is C10H9FN6. The van der Waals surface area contributed by atoms with E-state index < -0.39 is 5.82 Å². The van der Waals surface area contributed by atoms with E-state index in [9.17, 15) is 4.39 Å². The molecule has 7 heteroatoms. The molecule has 0 saturated heterocycles. The molecule has 2 N–H and O–H groups in total. The lowest BCUT2D eigenvalue weighted by atomic mass is 10.1. The molecule has 0 aliphatic heterocycles. The Morgan fingerprint density at radius 1 is 1.41 bits per heavy atom. The maximum absolute atomic E-state index is 13.0. The monoisotopic (exact) mass is 232 g/mol. The normalized spacial score (nSPS) is 10.1. The minimum Gasteiger partial charge on any atom is -0.306 e. The maximum atomic E-state index is 13.0. The molecule has 0 fully saturated rings. The Bertz CT molecular complexity index is 530. The van der Waals surface area contributed by atoms with Gasteiger partial charge in [-0.2, -0.15) is 10.5 Å². The average molecular weight is 232 g/mol. The number of tetrazole rings is 1. The van der Waals surface area contributed by atoms with Crippen molar-refractivity contribution in [3.8, 4) is 6.07 Å². The SMILES string of the molecule is N#Cc1cc(CNCc2nn[nH]n2)ccc1F. The van der Waals surface area contributed by atoms with Crippen LogP contribution in [0.15, 0.2) is 18.2 Å². The molecule has 0 spiro atoms. The van der Waals surface area contributed by atoms with E-state index in [4.69, 9.17) is 5.26 Å². The van der Waals surface area contributed by atoms with Gasteiger partial charge < -0.3 is 5.32 Å². The second kappa shape index (κ2) is 5.14. The van der Waals surface area contributed by atoms with Gasteiger partial charge in [0.05, 0.1) is 12.1 Å². The fourth-order valence-corrected chi connectivity index (χ4v) is 1.34. The molecule has 0 radical (unpaired) electrons. The summed E-state index contributed by atoms with van der Waals surface area (Å²) in [5, 5.41) is 25.0. The van der Waals surface area contributed by atoms with E-state index in [0.717, 1.165) is 5.56 Å². The Morgan fingerprint density at radius 2 is 2.29 bits per heavy atom. The van der Waals surface area contributed by atoms with Gasteiger partial charge in [0.25, 0.3) is 0 Å². The second-order valence-corrected chi connectivity index (χ2v) is 3.36. The number of benzene rings is 1. The summed E-state index contributed by atoms with van der Waals surface area (Å²) in [6.45, 7) is 0.958. The van der Waals surface area contributed by atoms with Crippen LogP contribution in [0.4, 0.5) is 4.39 Å². The summed E-state index contributed by atoms with van der Waals surface area (Å²) >= 11 is 0. The second-order valence-electron chi connectivity index (χ2n) is 3.36. The fourth-order valence-electron chi connectivity index (χ4n) is 1.34. The van der Waals surface area contributed by atoms with Crippen LogP contribution in [-0.2, 0) is 13.1 Å². The van der Waals surface area contributed by atoms with E-state index in [1.54, 1.807) is 12.1 Å². The number of nitriles is 1. The van der Waals surface area contributed by atoms with Crippen LogP contribution in [-0.4, -0.2) is 20.6 Å². The fraction of sp³-hybridized carbons (Fsp3) is 0.200. The van der Waals surface area contributed by atoms with Crippen molar-refractivity contribution in [2.75, 3.05) is 0 Å². The molecular weight excluding hydrogens is 223 g/mol. The molecule has 0 aliphatic carbocycles. The van der Waals surface area contributed by atoms with Crippen LogP contribution in [0.5, 0.6) is 0 Å².